The zero-order chi connectivity index (χ0) is 17.7. The minimum absolute atomic E-state index is 0.0176. The molecule has 6 nitrogen and oxygen atoms in total. The molecule has 2 aromatic carbocycles. The molecule has 2 aromatic rings. The largest absolute Gasteiger partial charge is 0.384 e. The van der Waals surface area contributed by atoms with Gasteiger partial charge in [-0.3, -0.25) is 14.9 Å². The standard InChI is InChI=1S/C18H21N3O3/c1-13-11-16(21(23)24)7-8-17(13)19-10-9-14-5-4-6-15(12-14)18(22)20(2)3/h4-8,11-12,19H,9-10H2,1-3H3. The number of benzene rings is 2. The average Bonchev–Trinajstić information content (AvgIpc) is 2.55. The van der Waals surface area contributed by atoms with Crippen LogP contribution in [0.3, 0.4) is 0 Å². The van der Waals surface area contributed by atoms with Crippen LogP contribution in [0.2, 0.25) is 0 Å². The zero-order valence-corrected chi connectivity index (χ0v) is 14.1. The fourth-order valence-corrected chi connectivity index (χ4v) is 2.42. The Morgan fingerprint density at radius 3 is 2.58 bits per heavy atom. The van der Waals surface area contributed by atoms with Gasteiger partial charge in [-0.1, -0.05) is 12.1 Å². The molecule has 0 aliphatic rings. The average molecular weight is 327 g/mol. The Bertz CT molecular complexity index is 757. The van der Waals surface area contributed by atoms with E-state index in [9.17, 15) is 14.9 Å². The molecule has 0 atom stereocenters. The highest BCUT2D eigenvalue weighted by Crippen LogP contribution is 2.21. The van der Waals surface area contributed by atoms with Crippen molar-refractivity contribution >= 4 is 17.3 Å². The number of nitrogens with zero attached hydrogens (tertiary/aromatic N) is 2. The van der Waals surface area contributed by atoms with Crippen molar-refractivity contribution < 1.29 is 9.72 Å². The van der Waals surface area contributed by atoms with E-state index in [2.05, 4.69) is 5.32 Å². The Morgan fingerprint density at radius 1 is 1.21 bits per heavy atom. The van der Waals surface area contributed by atoms with E-state index in [0.717, 1.165) is 23.2 Å². The number of nitro groups is 1. The lowest BCUT2D eigenvalue weighted by molar-refractivity contribution is -0.384. The molecule has 1 N–H and O–H groups in total. The van der Waals surface area contributed by atoms with Gasteiger partial charge in [0.2, 0.25) is 0 Å². The zero-order valence-electron chi connectivity index (χ0n) is 14.1. The first-order valence-corrected chi connectivity index (χ1v) is 7.68. The van der Waals surface area contributed by atoms with Crippen molar-refractivity contribution in [1.82, 2.24) is 4.90 Å². The number of anilines is 1. The van der Waals surface area contributed by atoms with Gasteiger partial charge in [0.25, 0.3) is 11.6 Å². The highest BCUT2D eigenvalue weighted by molar-refractivity contribution is 5.94. The van der Waals surface area contributed by atoms with E-state index in [1.807, 2.05) is 25.1 Å². The number of carbonyl (C=O) groups is 1. The van der Waals surface area contributed by atoms with Crippen LogP contribution in [0.25, 0.3) is 0 Å². The summed E-state index contributed by atoms with van der Waals surface area (Å²) in [7, 11) is 3.46. The summed E-state index contributed by atoms with van der Waals surface area (Å²) in [6.45, 7) is 2.52. The molecule has 126 valence electrons. The topological polar surface area (TPSA) is 75.5 Å². The second-order valence-electron chi connectivity index (χ2n) is 5.83. The van der Waals surface area contributed by atoms with Crippen molar-refractivity contribution in [1.29, 1.82) is 0 Å². The quantitative estimate of drug-likeness (QED) is 0.653. The van der Waals surface area contributed by atoms with Gasteiger partial charge in [0, 0.05) is 44.0 Å². The normalized spacial score (nSPS) is 10.3. The third kappa shape index (κ3) is 4.32. The molecule has 0 unspecified atom stereocenters. The van der Waals surface area contributed by atoms with Gasteiger partial charge in [-0.05, 0) is 42.7 Å². The molecular weight excluding hydrogens is 306 g/mol. The number of rotatable bonds is 6. The molecule has 0 saturated heterocycles. The Morgan fingerprint density at radius 2 is 1.96 bits per heavy atom. The summed E-state index contributed by atoms with van der Waals surface area (Å²) in [5.41, 5.74) is 3.54. The first kappa shape index (κ1) is 17.5. The molecule has 0 radical (unpaired) electrons. The minimum Gasteiger partial charge on any atom is -0.384 e. The molecule has 1 amide bonds. The monoisotopic (exact) mass is 327 g/mol. The van der Waals surface area contributed by atoms with E-state index in [4.69, 9.17) is 0 Å². The molecule has 0 aliphatic heterocycles. The van der Waals surface area contributed by atoms with Crippen molar-refractivity contribution in [3.05, 3.63) is 69.3 Å². The first-order valence-electron chi connectivity index (χ1n) is 7.68. The lowest BCUT2D eigenvalue weighted by atomic mass is 10.1. The Labute approximate surface area is 141 Å². The number of nitro benzene ring substituents is 1. The lowest BCUT2D eigenvalue weighted by Crippen LogP contribution is -2.21. The van der Waals surface area contributed by atoms with Gasteiger partial charge in [-0.15, -0.1) is 0 Å². The fraction of sp³-hybridized carbons (Fsp3) is 0.278. The minimum atomic E-state index is -0.399. The number of hydrogen-bond acceptors (Lipinski definition) is 4. The smallest absolute Gasteiger partial charge is 0.269 e. The number of hydrogen-bond donors (Lipinski definition) is 1. The van der Waals surface area contributed by atoms with Crippen LogP contribution in [0.1, 0.15) is 21.5 Å². The van der Waals surface area contributed by atoms with Crippen molar-refractivity contribution in [3.63, 3.8) is 0 Å². The van der Waals surface area contributed by atoms with Crippen molar-refractivity contribution in [2.24, 2.45) is 0 Å². The highest BCUT2D eigenvalue weighted by atomic mass is 16.6. The maximum Gasteiger partial charge on any atom is 0.269 e. The van der Waals surface area contributed by atoms with E-state index >= 15 is 0 Å². The molecule has 0 heterocycles. The van der Waals surface area contributed by atoms with Crippen LogP contribution in [0, 0.1) is 17.0 Å². The molecule has 0 aromatic heterocycles. The Hall–Kier alpha value is -2.89. The summed E-state index contributed by atoms with van der Waals surface area (Å²) >= 11 is 0. The fourth-order valence-electron chi connectivity index (χ4n) is 2.42. The maximum atomic E-state index is 12.0. The second kappa shape index (κ2) is 7.59. The van der Waals surface area contributed by atoms with Gasteiger partial charge in [-0.25, -0.2) is 0 Å². The van der Waals surface area contributed by atoms with Crippen LogP contribution in [-0.4, -0.2) is 36.4 Å². The van der Waals surface area contributed by atoms with E-state index in [1.165, 1.54) is 6.07 Å². The van der Waals surface area contributed by atoms with Gasteiger partial charge < -0.3 is 10.2 Å². The van der Waals surface area contributed by atoms with E-state index in [1.54, 1.807) is 37.2 Å². The maximum absolute atomic E-state index is 12.0. The summed E-state index contributed by atoms with van der Waals surface area (Å²) in [4.78, 5) is 23.9. The number of amides is 1. The van der Waals surface area contributed by atoms with E-state index in [-0.39, 0.29) is 11.6 Å². The second-order valence-corrected chi connectivity index (χ2v) is 5.83. The van der Waals surface area contributed by atoms with Crippen molar-refractivity contribution in [2.45, 2.75) is 13.3 Å². The summed E-state index contributed by atoms with van der Waals surface area (Å²) < 4.78 is 0. The first-order chi connectivity index (χ1) is 11.4. The molecule has 0 bridgehead atoms. The molecule has 24 heavy (non-hydrogen) atoms. The molecule has 0 spiro atoms. The Balaban J connectivity index is 1.98. The Kier molecular flexibility index (Phi) is 5.52. The van der Waals surface area contributed by atoms with Crippen LogP contribution in [-0.2, 0) is 6.42 Å². The predicted octanol–water partition coefficient (Wildman–Crippen LogP) is 3.26. The summed E-state index contributed by atoms with van der Waals surface area (Å²) in [5, 5.41) is 14.0. The number of carbonyl (C=O) groups excluding carboxylic acids is 1. The van der Waals surface area contributed by atoms with Gasteiger partial charge in [0.1, 0.15) is 0 Å². The molecule has 2 rings (SSSR count). The summed E-state index contributed by atoms with van der Waals surface area (Å²) in [6, 6.07) is 12.3. The third-order valence-corrected chi connectivity index (χ3v) is 3.73. The van der Waals surface area contributed by atoms with Crippen molar-refractivity contribution in [2.75, 3.05) is 26.0 Å². The third-order valence-electron chi connectivity index (χ3n) is 3.73. The molecule has 6 heteroatoms. The highest BCUT2D eigenvalue weighted by Gasteiger charge is 2.09. The van der Waals surface area contributed by atoms with Crippen LogP contribution < -0.4 is 5.32 Å². The van der Waals surface area contributed by atoms with Gasteiger partial charge in [-0.2, -0.15) is 0 Å². The predicted molar refractivity (Wildman–Crippen MR) is 94.5 cm³/mol. The van der Waals surface area contributed by atoms with Gasteiger partial charge in [0.05, 0.1) is 4.92 Å². The van der Waals surface area contributed by atoms with Crippen molar-refractivity contribution in [3.8, 4) is 0 Å². The molecular formula is C18H21N3O3. The lowest BCUT2D eigenvalue weighted by Gasteiger charge is -2.12. The summed E-state index contributed by atoms with van der Waals surface area (Å²) in [5.74, 6) is -0.0176. The number of nitrogens with one attached hydrogen (secondary N) is 1. The van der Waals surface area contributed by atoms with Crippen LogP contribution in [0.4, 0.5) is 11.4 Å². The molecule has 0 fully saturated rings. The molecule has 0 aliphatic carbocycles. The van der Waals surface area contributed by atoms with E-state index < -0.39 is 4.92 Å². The van der Waals surface area contributed by atoms with Crippen LogP contribution in [0.5, 0.6) is 0 Å². The molecule has 0 saturated carbocycles. The summed E-state index contributed by atoms with van der Waals surface area (Å²) in [6.07, 6.45) is 0.755. The number of aryl methyl sites for hydroxylation is 1. The van der Waals surface area contributed by atoms with Gasteiger partial charge >= 0.3 is 0 Å². The van der Waals surface area contributed by atoms with Crippen LogP contribution in [0.15, 0.2) is 42.5 Å². The van der Waals surface area contributed by atoms with Crippen LogP contribution >= 0.6 is 0 Å². The number of non-ortho nitro benzene ring substituents is 1. The van der Waals surface area contributed by atoms with E-state index in [0.29, 0.717) is 12.1 Å². The SMILES string of the molecule is Cc1cc([N+](=O)[O-])ccc1NCCc1cccc(C(=O)N(C)C)c1. The van der Waals surface area contributed by atoms with Gasteiger partial charge in [0.15, 0.2) is 0 Å².